The van der Waals surface area contributed by atoms with Gasteiger partial charge in [0.15, 0.2) is 0 Å². The molecule has 1 aliphatic rings. The summed E-state index contributed by atoms with van der Waals surface area (Å²) < 4.78 is 12.1. The van der Waals surface area contributed by atoms with E-state index in [9.17, 15) is 4.79 Å². The quantitative estimate of drug-likeness (QED) is 0.791. The Balaban J connectivity index is 2.19. The van der Waals surface area contributed by atoms with E-state index in [1.54, 1.807) is 0 Å². The van der Waals surface area contributed by atoms with Crippen LogP contribution in [0.25, 0.3) is 0 Å². The SMILES string of the molecule is CCC(=O)Cc1cccc(B2OC(C)(C)C(C)(C)O2)c1. The first kappa shape index (κ1) is 15.3. The van der Waals surface area contributed by atoms with Gasteiger partial charge in [-0.15, -0.1) is 0 Å². The molecule has 1 aliphatic heterocycles. The second-order valence-corrected chi connectivity index (χ2v) is 6.40. The first-order chi connectivity index (χ1) is 9.25. The third kappa shape index (κ3) is 2.96. The van der Waals surface area contributed by atoms with Crippen molar-refractivity contribution in [2.24, 2.45) is 0 Å². The summed E-state index contributed by atoms with van der Waals surface area (Å²) in [4.78, 5) is 11.6. The van der Waals surface area contributed by atoms with Crippen molar-refractivity contribution in [2.75, 3.05) is 0 Å². The molecule has 108 valence electrons. The fourth-order valence-electron chi connectivity index (χ4n) is 2.18. The molecule has 0 atom stereocenters. The van der Waals surface area contributed by atoms with Crippen molar-refractivity contribution in [1.29, 1.82) is 0 Å². The van der Waals surface area contributed by atoms with E-state index in [1.165, 1.54) is 0 Å². The lowest BCUT2D eigenvalue weighted by Gasteiger charge is -2.32. The Bertz CT molecular complexity index is 492. The van der Waals surface area contributed by atoms with E-state index in [2.05, 4.69) is 0 Å². The number of hydrogen-bond donors (Lipinski definition) is 0. The highest BCUT2D eigenvalue weighted by Crippen LogP contribution is 2.36. The molecule has 0 aliphatic carbocycles. The number of Topliss-reactive ketones (excluding diaryl/α,β-unsaturated/α-hetero) is 1. The van der Waals surface area contributed by atoms with Crippen LogP contribution < -0.4 is 5.46 Å². The van der Waals surface area contributed by atoms with Gasteiger partial charge in [-0.1, -0.05) is 31.2 Å². The Morgan fingerprint density at radius 2 is 1.75 bits per heavy atom. The number of carbonyl (C=O) groups is 1. The average molecular weight is 274 g/mol. The van der Waals surface area contributed by atoms with Crippen molar-refractivity contribution in [1.82, 2.24) is 0 Å². The van der Waals surface area contributed by atoms with E-state index in [1.807, 2.05) is 58.9 Å². The molecule has 4 heteroatoms. The van der Waals surface area contributed by atoms with Crippen LogP contribution in [0.4, 0.5) is 0 Å². The minimum atomic E-state index is -0.364. The van der Waals surface area contributed by atoms with E-state index in [4.69, 9.17) is 9.31 Å². The van der Waals surface area contributed by atoms with Gasteiger partial charge in [-0.2, -0.15) is 0 Å². The third-order valence-corrected chi connectivity index (χ3v) is 4.27. The number of carbonyl (C=O) groups excluding carboxylic acids is 1. The van der Waals surface area contributed by atoms with Crippen LogP contribution >= 0.6 is 0 Å². The number of ketones is 1. The van der Waals surface area contributed by atoms with Crippen LogP contribution in [0.5, 0.6) is 0 Å². The molecule has 1 aromatic rings. The zero-order chi connectivity index (χ0) is 15.0. The van der Waals surface area contributed by atoms with Crippen LogP contribution in [0.2, 0.25) is 0 Å². The van der Waals surface area contributed by atoms with Crippen molar-refractivity contribution in [3.63, 3.8) is 0 Å². The van der Waals surface area contributed by atoms with Gasteiger partial charge in [0.1, 0.15) is 5.78 Å². The van der Waals surface area contributed by atoms with Crippen LogP contribution in [0.15, 0.2) is 24.3 Å². The highest BCUT2D eigenvalue weighted by atomic mass is 16.7. The standard InChI is InChI=1S/C16H23BO3/c1-6-14(18)11-12-8-7-9-13(10-12)17-19-15(2,3)16(4,5)20-17/h7-10H,6,11H2,1-5H3. The van der Waals surface area contributed by atoms with Crippen LogP contribution in [-0.4, -0.2) is 24.1 Å². The van der Waals surface area contributed by atoms with Gasteiger partial charge in [0.05, 0.1) is 11.2 Å². The lowest BCUT2D eigenvalue weighted by Crippen LogP contribution is -2.41. The molecule has 1 fully saturated rings. The summed E-state index contributed by atoms with van der Waals surface area (Å²) in [7, 11) is -0.364. The van der Waals surface area contributed by atoms with E-state index in [0.717, 1.165) is 11.0 Å². The predicted molar refractivity (Wildman–Crippen MR) is 81.2 cm³/mol. The minimum absolute atomic E-state index is 0.246. The molecule has 0 radical (unpaired) electrons. The number of hydrogen-bond acceptors (Lipinski definition) is 3. The molecule has 0 spiro atoms. The number of rotatable bonds is 4. The fourth-order valence-corrected chi connectivity index (χ4v) is 2.18. The summed E-state index contributed by atoms with van der Waals surface area (Å²) in [5, 5.41) is 0. The molecular formula is C16H23BO3. The van der Waals surface area contributed by atoms with Crippen LogP contribution in [0, 0.1) is 0 Å². The van der Waals surface area contributed by atoms with Gasteiger partial charge >= 0.3 is 7.12 Å². The monoisotopic (exact) mass is 274 g/mol. The Kier molecular flexibility index (Phi) is 4.08. The summed E-state index contributed by atoms with van der Waals surface area (Å²) in [5.74, 6) is 0.246. The summed E-state index contributed by atoms with van der Waals surface area (Å²) in [5.41, 5.74) is 1.31. The maximum Gasteiger partial charge on any atom is 0.494 e. The van der Waals surface area contributed by atoms with E-state index in [0.29, 0.717) is 12.8 Å². The summed E-state index contributed by atoms with van der Waals surface area (Å²) in [6, 6.07) is 7.93. The van der Waals surface area contributed by atoms with E-state index < -0.39 is 0 Å². The van der Waals surface area contributed by atoms with Crippen LogP contribution in [-0.2, 0) is 20.5 Å². The fraction of sp³-hybridized carbons (Fsp3) is 0.562. The second kappa shape index (κ2) is 5.34. The first-order valence-corrected chi connectivity index (χ1v) is 7.21. The highest BCUT2D eigenvalue weighted by molar-refractivity contribution is 6.62. The van der Waals surface area contributed by atoms with Gasteiger partial charge in [0.25, 0.3) is 0 Å². The van der Waals surface area contributed by atoms with Crippen molar-refractivity contribution in [3.05, 3.63) is 29.8 Å². The molecule has 20 heavy (non-hydrogen) atoms. The van der Waals surface area contributed by atoms with Gasteiger partial charge in [-0.3, -0.25) is 4.79 Å². The smallest absolute Gasteiger partial charge is 0.399 e. The second-order valence-electron chi connectivity index (χ2n) is 6.40. The lowest BCUT2D eigenvalue weighted by molar-refractivity contribution is -0.118. The summed E-state index contributed by atoms with van der Waals surface area (Å²) in [6.07, 6.45) is 1.05. The van der Waals surface area contributed by atoms with Gasteiger partial charge in [-0.05, 0) is 38.7 Å². The minimum Gasteiger partial charge on any atom is -0.399 e. The van der Waals surface area contributed by atoms with Crippen molar-refractivity contribution >= 4 is 18.4 Å². The Hall–Kier alpha value is -1.13. The summed E-state index contributed by atoms with van der Waals surface area (Å²) in [6.45, 7) is 10.0. The molecule has 1 heterocycles. The Labute approximate surface area is 121 Å². The zero-order valence-corrected chi connectivity index (χ0v) is 13.0. The normalized spacial score (nSPS) is 20.1. The molecule has 0 bridgehead atoms. The van der Waals surface area contributed by atoms with Gasteiger partial charge in [0.2, 0.25) is 0 Å². The largest absolute Gasteiger partial charge is 0.494 e. The van der Waals surface area contributed by atoms with Crippen LogP contribution in [0.1, 0.15) is 46.6 Å². The predicted octanol–water partition coefficient (Wildman–Crippen LogP) is 2.51. The van der Waals surface area contributed by atoms with Gasteiger partial charge in [-0.25, -0.2) is 0 Å². The Morgan fingerprint density at radius 1 is 1.15 bits per heavy atom. The topological polar surface area (TPSA) is 35.5 Å². The lowest BCUT2D eigenvalue weighted by atomic mass is 9.78. The molecule has 0 amide bonds. The third-order valence-electron chi connectivity index (χ3n) is 4.27. The van der Waals surface area contributed by atoms with Crippen molar-refractivity contribution < 1.29 is 14.1 Å². The van der Waals surface area contributed by atoms with Gasteiger partial charge < -0.3 is 9.31 Å². The Morgan fingerprint density at radius 3 is 2.30 bits per heavy atom. The van der Waals surface area contributed by atoms with Gasteiger partial charge in [0, 0.05) is 12.8 Å². The first-order valence-electron chi connectivity index (χ1n) is 7.21. The van der Waals surface area contributed by atoms with Crippen molar-refractivity contribution in [2.45, 2.75) is 58.7 Å². The molecule has 0 saturated carbocycles. The van der Waals surface area contributed by atoms with E-state index in [-0.39, 0.29) is 24.1 Å². The van der Waals surface area contributed by atoms with Crippen molar-refractivity contribution in [3.8, 4) is 0 Å². The molecular weight excluding hydrogens is 251 g/mol. The maximum absolute atomic E-state index is 11.6. The molecule has 3 nitrogen and oxygen atoms in total. The molecule has 0 aromatic heterocycles. The molecule has 0 unspecified atom stereocenters. The van der Waals surface area contributed by atoms with E-state index >= 15 is 0 Å². The summed E-state index contributed by atoms with van der Waals surface area (Å²) >= 11 is 0. The maximum atomic E-state index is 11.6. The molecule has 1 saturated heterocycles. The number of benzene rings is 1. The average Bonchev–Trinajstić information content (AvgIpc) is 2.59. The zero-order valence-electron chi connectivity index (χ0n) is 13.0. The van der Waals surface area contributed by atoms with Crippen LogP contribution in [0.3, 0.4) is 0 Å². The molecule has 2 rings (SSSR count). The molecule has 0 N–H and O–H groups in total. The highest BCUT2D eigenvalue weighted by Gasteiger charge is 2.51. The molecule has 1 aromatic carbocycles.